The Morgan fingerprint density at radius 1 is 0.810 bits per heavy atom. The minimum atomic E-state index is -3.34. The van der Waals surface area contributed by atoms with Gasteiger partial charge in [-0.05, 0) is 30.7 Å². The Morgan fingerprint density at radius 3 is 1.57 bits per heavy atom. The van der Waals surface area contributed by atoms with E-state index < -0.39 is 9.84 Å². The van der Waals surface area contributed by atoms with Crippen molar-refractivity contribution in [2.45, 2.75) is 22.6 Å². The second kappa shape index (κ2) is 7.04. The van der Waals surface area contributed by atoms with Gasteiger partial charge in [-0.15, -0.1) is 0 Å². The molecule has 1 fully saturated rings. The van der Waals surface area contributed by atoms with Crippen LogP contribution in [0.5, 0.6) is 0 Å². The lowest BCUT2D eigenvalue weighted by atomic mass is 10.4. The molecule has 2 aromatic carbocycles. The molecule has 1 heterocycles. The Bertz CT molecular complexity index is 628. The summed E-state index contributed by atoms with van der Waals surface area (Å²) < 4.78 is 24.1. The van der Waals surface area contributed by atoms with E-state index in [0.717, 1.165) is 19.4 Å². The highest BCUT2D eigenvalue weighted by atomic mass is 32.2. The van der Waals surface area contributed by atoms with Crippen molar-refractivity contribution in [3.05, 3.63) is 60.7 Å². The molecule has 21 heavy (non-hydrogen) atoms. The van der Waals surface area contributed by atoms with E-state index in [9.17, 15) is 13.2 Å². The summed E-state index contributed by atoms with van der Waals surface area (Å²) >= 11 is 0. The van der Waals surface area contributed by atoms with Crippen molar-refractivity contribution in [3.63, 3.8) is 0 Å². The Labute approximate surface area is 124 Å². The molecule has 1 saturated heterocycles. The van der Waals surface area contributed by atoms with E-state index in [1.165, 1.54) is 0 Å². The van der Waals surface area contributed by atoms with Crippen molar-refractivity contribution < 1.29 is 13.2 Å². The van der Waals surface area contributed by atoms with Crippen molar-refractivity contribution in [2.75, 3.05) is 6.54 Å². The van der Waals surface area contributed by atoms with Gasteiger partial charge in [-0.2, -0.15) is 0 Å². The van der Waals surface area contributed by atoms with Crippen LogP contribution in [0.2, 0.25) is 0 Å². The van der Waals surface area contributed by atoms with Crippen molar-refractivity contribution in [2.24, 2.45) is 0 Å². The Kier molecular flexibility index (Phi) is 5.11. The summed E-state index contributed by atoms with van der Waals surface area (Å²) in [5.74, 6) is 0.204. The van der Waals surface area contributed by atoms with Gasteiger partial charge < -0.3 is 5.32 Å². The number of carbonyl (C=O) groups is 1. The number of rotatable bonds is 2. The molecule has 0 spiro atoms. The minimum absolute atomic E-state index is 0.204. The number of benzene rings is 2. The fourth-order valence-corrected chi connectivity index (χ4v) is 3.20. The van der Waals surface area contributed by atoms with Crippen molar-refractivity contribution in [1.82, 2.24) is 5.32 Å². The zero-order chi connectivity index (χ0) is 15.1. The third-order valence-corrected chi connectivity index (χ3v) is 4.80. The summed E-state index contributed by atoms with van der Waals surface area (Å²) in [4.78, 5) is 10.8. The Balaban J connectivity index is 0.000000225. The van der Waals surface area contributed by atoms with Gasteiger partial charge >= 0.3 is 0 Å². The molecule has 4 nitrogen and oxygen atoms in total. The number of amides is 1. The van der Waals surface area contributed by atoms with Gasteiger partial charge in [0.05, 0.1) is 9.79 Å². The zero-order valence-corrected chi connectivity index (χ0v) is 12.3. The van der Waals surface area contributed by atoms with Crippen LogP contribution in [0, 0.1) is 0 Å². The average Bonchev–Trinajstić information content (AvgIpc) is 3.01. The van der Waals surface area contributed by atoms with E-state index in [0.29, 0.717) is 9.79 Å². The van der Waals surface area contributed by atoms with Crippen LogP contribution in [-0.4, -0.2) is 20.9 Å². The molecule has 110 valence electrons. The minimum Gasteiger partial charge on any atom is -0.356 e. The predicted octanol–water partition coefficient (Wildman–Crippen LogP) is 2.42. The highest BCUT2D eigenvalue weighted by Crippen LogP contribution is 2.19. The van der Waals surface area contributed by atoms with Crippen LogP contribution in [0.1, 0.15) is 12.8 Å². The molecular formula is C16H17NO3S. The summed E-state index contributed by atoms with van der Waals surface area (Å²) in [6.07, 6.45) is 1.76. The van der Waals surface area contributed by atoms with E-state index in [1.54, 1.807) is 60.7 Å². The SMILES string of the molecule is O=C1CCCN1.O=S(=O)(c1ccccc1)c1ccccc1. The van der Waals surface area contributed by atoms with E-state index in [2.05, 4.69) is 5.32 Å². The molecule has 1 aliphatic heterocycles. The summed E-state index contributed by atoms with van der Waals surface area (Å²) in [6.45, 7) is 0.888. The maximum atomic E-state index is 12.0. The first-order valence-electron chi connectivity index (χ1n) is 6.72. The van der Waals surface area contributed by atoms with Gasteiger partial charge in [0, 0.05) is 13.0 Å². The molecule has 1 aliphatic rings. The molecule has 1 N–H and O–H groups in total. The third-order valence-electron chi connectivity index (χ3n) is 3.01. The third kappa shape index (κ3) is 4.16. The highest BCUT2D eigenvalue weighted by Gasteiger charge is 2.15. The molecule has 0 atom stereocenters. The summed E-state index contributed by atoms with van der Waals surface area (Å²) in [7, 11) is -3.34. The molecule has 0 aliphatic carbocycles. The van der Waals surface area contributed by atoms with Gasteiger partial charge in [-0.25, -0.2) is 8.42 Å². The lowest BCUT2D eigenvalue weighted by molar-refractivity contribution is -0.119. The largest absolute Gasteiger partial charge is 0.356 e. The van der Waals surface area contributed by atoms with E-state index in [1.807, 2.05) is 0 Å². The molecule has 0 aromatic heterocycles. The summed E-state index contributed by atoms with van der Waals surface area (Å²) in [5, 5.41) is 2.68. The van der Waals surface area contributed by atoms with Gasteiger partial charge in [0.25, 0.3) is 0 Å². The maximum absolute atomic E-state index is 12.0. The Hall–Kier alpha value is -2.14. The molecule has 0 unspecified atom stereocenters. The number of carbonyl (C=O) groups excluding carboxylic acids is 1. The first kappa shape index (κ1) is 15.3. The van der Waals surface area contributed by atoms with Gasteiger partial charge in [-0.3, -0.25) is 4.79 Å². The molecule has 1 amide bonds. The van der Waals surface area contributed by atoms with Crippen molar-refractivity contribution in [1.29, 1.82) is 0 Å². The smallest absolute Gasteiger partial charge is 0.220 e. The van der Waals surface area contributed by atoms with Gasteiger partial charge in [0.15, 0.2) is 0 Å². The molecule has 0 saturated carbocycles. The quantitative estimate of drug-likeness (QED) is 0.926. The van der Waals surface area contributed by atoms with Crippen LogP contribution in [-0.2, 0) is 14.6 Å². The predicted molar refractivity (Wildman–Crippen MR) is 80.6 cm³/mol. The monoisotopic (exact) mass is 303 g/mol. The van der Waals surface area contributed by atoms with Gasteiger partial charge in [-0.1, -0.05) is 36.4 Å². The van der Waals surface area contributed by atoms with Crippen LogP contribution in [0.25, 0.3) is 0 Å². The molecule has 2 aromatic rings. The molecule has 3 rings (SSSR count). The number of hydrogen-bond acceptors (Lipinski definition) is 3. The summed E-state index contributed by atoms with van der Waals surface area (Å²) in [5.41, 5.74) is 0. The van der Waals surface area contributed by atoms with E-state index in [4.69, 9.17) is 0 Å². The lowest BCUT2D eigenvalue weighted by Gasteiger charge is -2.03. The van der Waals surface area contributed by atoms with Crippen molar-refractivity contribution in [3.8, 4) is 0 Å². The topological polar surface area (TPSA) is 63.2 Å². The van der Waals surface area contributed by atoms with Gasteiger partial charge in [0.1, 0.15) is 0 Å². The van der Waals surface area contributed by atoms with Crippen LogP contribution in [0.15, 0.2) is 70.5 Å². The average molecular weight is 303 g/mol. The zero-order valence-electron chi connectivity index (χ0n) is 11.5. The lowest BCUT2D eigenvalue weighted by Crippen LogP contribution is -2.12. The van der Waals surface area contributed by atoms with Gasteiger partial charge in [0.2, 0.25) is 15.7 Å². The number of nitrogens with one attached hydrogen (secondary N) is 1. The fourth-order valence-electron chi connectivity index (χ4n) is 1.90. The summed E-state index contributed by atoms with van der Waals surface area (Å²) in [6, 6.07) is 16.9. The van der Waals surface area contributed by atoms with Crippen LogP contribution < -0.4 is 5.32 Å². The molecule has 0 radical (unpaired) electrons. The van der Waals surface area contributed by atoms with Crippen LogP contribution in [0.4, 0.5) is 0 Å². The molecular weight excluding hydrogens is 286 g/mol. The second-order valence-electron chi connectivity index (χ2n) is 4.58. The normalized spacial score (nSPS) is 14.0. The maximum Gasteiger partial charge on any atom is 0.220 e. The molecule has 5 heteroatoms. The van der Waals surface area contributed by atoms with Crippen molar-refractivity contribution >= 4 is 15.7 Å². The number of hydrogen-bond donors (Lipinski definition) is 1. The van der Waals surface area contributed by atoms with E-state index >= 15 is 0 Å². The van der Waals surface area contributed by atoms with Crippen LogP contribution >= 0.6 is 0 Å². The fraction of sp³-hybridized carbons (Fsp3) is 0.188. The first-order valence-corrected chi connectivity index (χ1v) is 8.21. The highest BCUT2D eigenvalue weighted by molar-refractivity contribution is 7.91. The van der Waals surface area contributed by atoms with Crippen LogP contribution in [0.3, 0.4) is 0 Å². The first-order chi connectivity index (χ1) is 10.1. The second-order valence-corrected chi connectivity index (χ2v) is 6.53. The molecule has 0 bridgehead atoms. The standard InChI is InChI=1S/C12H10O2S.C4H7NO/c13-15(14,11-7-3-1-4-8-11)12-9-5-2-6-10-12;6-4-2-1-3-5-4/h1-10H;1-3H2,(H,5,6). The van der Waals surface area contributed by atoms with E-state index in [-0.39, 0.29) is 5.91 Å². The Morgan fingerprint density at radius 2 is 1.29 bits per heavy atom. The number of sulfone groups is 1.